The molecule has 0 saturated carbocycles. The minimum Gasteiger partial charge on any atom is -0.424 e. The smallest absolute Gasteiger partial charge is 0.230 e. The summed E-state index contributed by atoms with van der Waals surface area (Å²) in [6, 6.07) is 10.3. The zero-order valence-electron chi connectivity index (χ0n) is 10.5. The lowest BCUT2D eigenvalue weighted by Gasteiger charge is -2.19. The fourth-order valence-electron chi connectivity index (χ4n) is 1.83. The summed E-state index contributed by atoms with van der Waals surface area (Å²) in [6.07, 6.45) is 0. The van der Waals surface area contributed by atoms with Crippen molar-refractivity contribution < 1.29 is 4.42 Å². The Morgan fingerprint density at radius 3 is 2.56 bits per heavy atom. The van der Waals surface area contributed by atoms with Gasteiger partial charge in [-0.15, -0.1) is 10.2 Å². The lowest BCUT2D eigenvalue weighted by atomic mass is 10.2. The summed E-state index contributed by atoms with van der Waals surface area (Å²) in [6.45, 7) is 4.67. The highest BCUT2D eigenvalue weighted by molar-refractivity contribution is 5.14. The van der Waals surface area contributed by atoms with Crippen molar-refractivity contribution in [2.45, 2.75) is 20.0 Å². The molecular formula is C13H18N4O. The first-order chi connectivity index (χ1) is 8.78. The predicted molar refractivity (Wildman–Crippen MR) is 68.6 cm³/mol. The highest BCUT2D eigenvalue weighted by Gasteiger charge is 2.10. The Kier molecular flexibility index (Phi) is 4.44. The van der Waals surface area contributed by atoms with E-state index >= 15 is 0 Å². The number of hydrogen-bond acceptors (Lipinski definition) is 5. The Morgan fingerprint density at radius 2 is 1.94 bits per heavy atom. The standard InChI is InChI=1S/C13H18N4O/c1-11-15-16-13(18-11)10-17(8-7-14)9-12-5-3-2-4-6-12/h2-6H,7-10,14H2,1H3. The van der Waals surface area contributed by atoms with E-state index in [9.17, 15) is 0 Å². The van der Waals surface area contributed by atoms with E-state index in [1.165, 1.54) is 5.56 Å². The fraction of sp³-hybridized carbons (Fsp3) is 0.385. The van der Waals surface area contributed by atoms with E-state index < -0.39 is 0 Å². The first-order valence-electron chi connectivity index (χ1n) is 6.03. The molecule has 2 aromatic rings. The van der Waals surface area contributed by atoms with Crippen molar-refractivity contribution >= 4 is 0 Å². The van der Waals surface area contributed by atoms with Gasteiger partial charge in [0.05, 0.1) is 6.54 Å². The quantitative estimate of drug-likeness (QED) is 0.833. The predicted octanol–water partition coefficient (Wildman–Crippen LogP) is 1.34. The SMILES string of the molecule is Cc1nnc(CN(CCN)Cc2ccccc2)o1. The summed E-state index contributed by atoms with van der Waals surface area (Å²) in [4.78, 5) is 2.20. The highest BCUT2D eigenvalue weighted by Crippen LogP contribution is 2.08. The molecule has 2 rings (SSSR count). The lowest BCUT2D eigenvalue weighted by Crippen LogP contribution is -2.28. The Labute approximate surface area is 107 Å². The normalized spacial score (nSPS) is 11.1. The maximum atomic E-state index is 5.63. The Morgan fingerprint density at radius 1 is 1.17 bits per heavy atom. The van der Waals surface area contributed by atoms with Gasteiger partial charge >= 0.3 is 0 Å². The first kappa shape index (κ1) is 12.7. The minimum absolute atomic E-state index is 0.595. The van der Waals surface area contributed by atoms with Crippen LogP contribution in [0.25, 0.3) is 0 Å². The zero-order valence-corrected chi connectivity index (χ0v) is 10.5. The maximum Gasteiger partial charge on any atom is 0.230 e. The third-order valence-corrected chi connectivity index (χ3v) is 2.62. The summed E-state index contributed by atoms with van der Waals surface area (Å²) in [5.41, 5.74) is 6.89. The number of aryl methyl sites for hydroxylation is 1. The molecule has 0 aliphatic rings. The number of rotatable bonds is 6. The van der Waals surface area contributed by atoms with Crippen molar-refractivity contribution in [2.75, 3.05) is 13.1 Å². The van der Waals surface area contributed by atoms with Crippen molar-refractivity contribution in [3.63, 3.8) is 0 Å². The Balaban J connectivity index is 1.99. The molecule has 1 heterocycles. The van der Waals surface area contributed by atoms with Crippen LogP contribution in [0.4, 0.5) is 0 Å². The molecule has 5 heteroatoms. The summed E-state index contributed by atoms with van der Waals surface area (Å²) in [5, 5.41) is 7.84. The van der Waals surface area contributed by atoms with Gasteiger partial charge in [-0.3, -0.25) is 4.90 Å². The molecule has 0 fully saturated rings. The maximum absolute atomic E-state index is 5.63. The second-order valence-corrected chi connectivity index (χ2v) is 4.20. The van der Waals surface area contributed by atoms with Crippen molar-refractivity contribution in [1.29, 1.82) is 0 Å². The Bertz CT molecular complexity index is 469. The van der Waals surface area contributed by atoms with Crippen LogP contribution in [0.1, 0.15) is 17.3 Å². The van der Waals surface area contributed by atoms with Gasteiger partial charge in [0, 0.05) is 26.6 Å². The zero-order chi connectivity index (χ0) is 12.8. The van der Waals surface area contributed by atoms with E-state index in [1.54, 1.807) is 6.92 Å². The minimum atomic E-state index is 0.595. The molecular weight excluding hydrogens is 228 g/mol. The van der Waals surface area contributed by atoms with Crippen LogP contribution < -0.4 is 5.73 Å². The average Bonchev–Trinajstić information content (AvgIpc) is 2.76. The molecule has 0 aliphatic heterocycles. The van der Waals surface area contributed by atoms with Crippen molar-refractivity contribution in [3.05, 3.63) is 47.7 Å². The number of nitrogens with two attached hydrogens (primary N) is 1. The summed E-state index contributed by atoms with van der Waals surface area (Å²) >= 11 is 0. The van der Waals surface area contributed by atoms with Crippen LogP contribution in [0.15, 0.2) is 34.7 Å². The van der Waals surface area contributed by atoms with Crippen LogP contribution in [0.5, 0.6) is 0 Å². The van der Waals surface area contributed by atoms with Gasteiger partial charge in [-0.1, -0.05) is 30.3 Å². The molecule has 2 N–H and O–H groups in total. The molecule has 0 aliphatic carbocycles. The van der Waals surface area contributed by atoms with Gasteiger partial charge in [-0.2, -0.15) is 0 Å². The second kappa shape index (κ2) is 6.28. The number of benzene rings is 1. The summed E-state index contributed by atoms with van der Waals surface area (Å²) in [5.74, 6) is 1.23. The molecule has 0 bridgehead atoms. The molecule has 0 spiro atoms. The molecule has 1 aromatic carbocycles. The van der Waals surface area contributed by atoms with Crippen LogP contribution in [-0.2, 0) is 13.1 Å². The third-order valence-electron chi connectivity index (χ3n) is 2.62. The lowest BCUT2D eigenvalue weighted by molar-refractivity contribution is 0.235. The van der Waals surface area contributed by atoms with E-state index in [2.05, 4.69) is 27.2 Å². The third kappa shape index (κ3) is 3.65. The van der Waals surface area contributed by atoms with E-state index in [4.69, 9.17) is 10.2 Å². The van der Waals surface area contributed by atoms with Crippen molar-refractivity contribution in [2.24, 2.45) is 5.73 Å². The van der Waals surface area contributed by atoms with Crippen molar-refractivity contribution in [3.8, 4) is 0 Å². The van der Waals surface area contributed by atoms with Gasteiger partial charge in [-0.25, -0.2) is 0 Å². The van der Waals surface area contributed by atoms with Crippen LogP contribution in [0, 0.1) is 6.92 Å². The first-order valence-corrected chi connectivity index (χ1v) is 6.03. The van der Waals surface area contributed by atoms with Crippen LogP contribution in [-0.4, -0.2) is 28.2 Å². The van der Waals surface area contributed by atoms with Gasteiger partial charge in [0.25, 0.3) is 0 Å². The van der Waals surface area contributed by atoms with Crippen molar-refractivity contribution in [1.82, 2.24) is 15.1 Å². The molecule has 0 saturated heterocycles. The van der Waals surface area contributed by atoms with Crippen LogP contribution in [0.3, 0.4) is 0 Å². The fourth-order valence-corrected chi connectivity index (χ4v) is 1.83. The van der Waals surface area contributed by atoms with Gasteiger partial charge < -0.3 is 10.2 Å². The molecule has 0 amide bonds. The molecule has 5 nitrogen and oxygen atoms in total. The topological polar surface area (TPSA) is 68.2 Å². The van der Waals surface area contributed by atoms with Gasteiger partial charge in [0.2, 0.25) is 11.8 Å². The number of nitrogens with zero attached hydrogens (tertiary/aromatic N) is 3. The van der Waals surface area contributed by atoms with Gasteiger partial charge in [-0.05, 0) is 5.56 Å². The number of hydrogen-bond donors (Lipinski definition) is 1. The van der Waals surface area contributed by atoms with E-state index in [1.807, 2.05) is 18.2 Å². The van der Waals surface area contributed by atoms with E-state index in [-0.39, 0.29) is 0 Å². The summed E-state index contributed by atoms with van der Waals surface area (Å²) < 4.78 is 5.39. The second-order valence-electron chi connectivity index (χ2n) is 4.20. The van der Waals surface area contributed by atoms with Gasteiger partial charge in [0.15, 0.2) is 0 Å². The van der Waals surface area contributed by atoms with Crippen LogP contribution >= 0.6 is 0 Å². The molecule has 0 unspecified atom stereocenters. The molecule has 96 valence electrons. The Hall–Kier alpha value is -1.72. The largest absolute Gasteiger partial charge is 0.424 e. The van der Waals surface area contributed by atoms with Crippen LogP contribution in [0.2, 0.25) is 0 Å². The molecule has 18 heavy (non-hydrogen) atoms. The molecule has 0 radical (unpaired) electrons. The monoisotopic (exact) mass is 246 g/mol. The highest BCUT2D eigenvalue weighted by atomic mass is 16.4. The summed E-state index contributed by atoms with van der Waals surface area (Å²) in [7, 11) is 0. The van der Waals surface area contributed by atoms with Gasteiger partial charge in [0.1, 0.15) is 0 Å². The molecule has 0 atom stereocenters. The average molecular weight is 246 g/mol. The van der Waals surface area contributed by atoms with E-state index in [0.717, 1.165) is 13.1 Å². The number of aromatic nitrogens is 2. The van der Waals surface area contributed by atoms with E-state index in [0.29, 0.717) is 24.9 Å². The molecule has 1 aromatic heterocycles.